The Morgan fingerprint density at radius 2 is 2.06 bits per heavy atom. The van der Waals surface area contributed by atoms with E-state index in [4.69, 9.17) is 0 Å². The predicted octanol–water partition coefficient (Wildman–Crippen LogP) is 3.30. The third-order valence-electron chi connectivity index (χ3n) is 2.56. The van der Waals surface area contributed by atoms with E-state index < -0.39 is 0 Å². The Hall–Kier alpha value is -1.32. The summed E-state index contributed by atoms with van der Waals surface area (Å²) in [5, 5.41) is 15.1. The van der Waals surface area contributed by atoms with Gasteiger partial charge >= 0.3 is 0 Å². The van der Waals surface area contributed by atoms with Gasteiger partial charge in [-0.15, -0.1) is 11.3 Å². The number of phenols is 1. The Bertz CT molecular complexity index is 439. The number of hydrogen-bond donors (Lipinski definition) is 2. The van der Waals surface area contributed by atoms with E-state index >= 15 is 0 Å². The van der Waals surface area contributed by atoms with Crippen molar-refractivity contribution in [3.63, 3.8) is 0 Å². The molecule has 0 saturated heterocycles. The van der Waals surface area contributed by atoms with Gasteiger partial charge in [0.15, 0.2) is 0 Å². The fourth-order valence-corrected chi connectivity index (χ4v) is 2.32. The van der Waals surface area contributed by atoms with Crippen molar-refractivity contribution in [3.05, 3.63) is 52.2 Å². The fraction of sp³-hybridized carbons (Fsp3) is 0.231. The van der Waals surface area contributed by atoms with E-state index in [0.29, 0.717) is 18.3 Å². The van der Waals surface area contributed by atoms with Gasteiger partial charge in [-0.1, -0.05) is 24.3 Å². The molecule has 1 unspecified atom stereocenters. The Morgan fingerprint density at radius 1 is 1.25 bits per heavy atom. The van der Waals surface area contributed by atoms with Gasteiger partial charge in [0.1, 0.15) is 5.75 Å². The number of para-hydroxylation sites is 1. The monoisotopic (exact) mass is 233 g/mol. The number of thiophene rings is 1. The van der Waals surface area contributed by atoms with Crippen molar-refractivity contribution in [2.45, 2.75) is 19.5 Å². The first-order chi connectivity index (χ1) is 7.77. The summed E-state index contributed by atoms with van der Waals surface area (Å²) in [6, 6.07) is 11.9. The second-order valence-electron chi connectivity index (χ2n) is 3.75. The second-order valence-corrected chi connectivity index (χ2v) is 4.73. The maximum absolute atomic E-state index is 9.62. The molecular formula is C13H15NOS. The molecule has 16 heavy (non-hydrogen) atoms. The van der Waals surface area contributed by atoms with E-state index in [-0.39, 0.29) is 0 Å². The van der Waals surface area contributed by atoms with E-state index in [9.17, 15) is 5.11 Å². The van der Waals surface area contributed by atoms with Gasteiger partial charge in [-0.2, -0.15) is 0 Å². The molecule has 2 rings (SSSR count). The molecular weight excluding hydrogens is 218 g/mol. The van der Waals surface area contributed by atoms with Gasteiger partial charge < -0.3 is 10.4 Å². The van der Waals surface area contributed by atoms with Gasteiger partial charge in [-0.05, 0) is 24.4 Å². The molecule has 1 aromatic heterocycles. The molecule has 0 fully saturated rings. The average Bonchev–Trinajstić information content (AvgIpc) is 2.81. The van der Waals surface area contributed by atoms with Crippen LogP contribution in [0.2, 0.25) is 0 Å². The van der Waals surface area contributed by atoms with Crippen LogP contribution in [-0.4, -0.2) is 5.11 Å². The van der Waals surface area contributed by atoms with Crippen LogP contribution in [0.15, 0.2) is 41.8 Å². The van der Waals surface area contributed by atoms with Crippen LogP contribution >= 0.6 is 11.3 Å². The molecule has 0 radical (unpaired) electrons. The maximum atomic E-state index is 9.62. The summed E-state index contributed by atoms with van der Waals surface area (Å²) in [7, 11) is 0. The second kappa shape index (κ2) is 5.14. The van der Waals surface area contributed by atoms with E-state index in [1.807, 2.05) is 18.2 Å². The molecule has 0 aliphatic rings. The van der Waals surface area contributed by atoms with Gasteiger partial charge in [0.05, 0.1) is 0 Å². The SMILES string of the molecule is CC(NCc1ccccc1O)c1cccs1. The Labute approximate surface area is 99.6 Å². The van der Waals surface area contributed by atoms with Crippen molar-refractivity contribution in [1.82, 2.24) is 5.32 Å². The van der Waals surface area contributed by atoms with Crippen LogP contribution in [0.1, 0.15) is 23.4 Å². The summed E-state index contributed by atoms with van der Waals surface area (Å²) in [6.07, 6.45) is 0. The summed E-state index contributed by atoms with van der Waals surface area (Å²) in [6.45, 7) is 2.82. The van der Waals surface area contributed by atoms with Crippen molar-refractivity contribution in [3.8, 4) is 5.75 Å². The molecule has 0 saturated carbocycles. The van der Waals surface area contributed by atoms with Crippen molar-refractivity contribution < 1.29 is 5.11 Å². The summed E-state index contributed by atoms with van der Waals surface area (Å²) in [4.78, 5) is 1.32. The zero-order valence-electron chi connectivity index (χ0n) is 9.18. The first-order valence-electron chi connectivity index (χ1n) is 5.31. The highest BCUT2D eigenvalue weighted by molar-refractivity contribution is 7.10. The molecule has 2 N–H and O–H groups in total. The minimum Gasteiger partial charge on any atom is -0.508 e. The molecule has 84 valence electrons. The predicted molar refractivity (Wildman–Crippen MR) is 67.7 cm³/mol. The van der Waals surface area contributed by atoms with Crippen LogP contribution in [0.5, 0.6) is 5.75 Å². The van der Waals surface area contributed by atoms with Gasteiger partial charge in [-0.3, -0.25) is 0 Å². The van der Waals surface area contributed by atoms with Crippen LogP contribution in [-0.2, 0) is 6.54 Å². The fourth-order valence-electron chi connectivity index (χ4n) is 1.56. The summed E-state index contributed by atoms with van der Waals surface area (Å²) < 4.78 is 0. The van der Waals surface area contributed by atoms with Crippen LogP contribution in [0.3, 0.4) is 0 Å². The van der Waals surface area contributed by atoms with E-state index in [0.717, 1.165) is 5.56 Å². The highest BCUT2D eigenvalue weighted by Gasteiger charge is 2.06. The third-order valence-corrected chi connectivity index (χ3v) is 3.62. The van der Waals surface area contributed by atoms with Crippen molar-refractivity contribution in [1.29, 1.82) is 0 Å². The molecule has 0 bridgehead atoms. The zero-order valence-corrected chi connectivity index (χ0v) is 10.00. The first kappa shape index (κ1) is 11.2. The molecule has 0 aliphatic carbocycles. The van der Waals surface area contributed by atoms with Crippen molar-refractivity contribution in [2.75, 3.05) is 0 Å². The van der Waals surface area contributed by atoms with Crippen LogP contribution in [0.4, 0.5) is 0 Å². The number of phenolic OH excluding ortho intramolecular Hbond substituents is 1. The molecule has 1 heterocycles. The first-order valence-corrected chi connectivity index (χ1v) is 6.19. The lowest BCUT2D eigenvalue weighted by molar-refractivity contribution is 0.461. The van der Waals surface area contributed by atoms with Crippen LogP contribution in [0.25, 0.3) is 0 Å². The molecule has 0 spiro atoms. The molecule has 2 aromatic rings. The Kier molecular flexibility index (Phi) is 3.59. The van der Waals surface area contributed by atoms with Gasteiger partial charge in [0.25, 0.3) is 0 Å². The van der Waals surface area contributed by atoms with Crippen molar-refractivity contribution in [2.24, 2.45) is 0 Å². The third kappa shape index (κ3) is 2.62. The molecule has 1 aromatic carbocycles. The summed E-state index contributed by atoms with van der Waals surface area (Å²) >= 11 is 1.75. The highest BCUT2D eigenvalue weighted by atomic mass is 32.1. The van der Waals surface area contributed by atoms with E-state index in [2.05, 4.69) is 29.8 Å². The smallest absolute Gasteiger partial charge is 0.120 e. The summed E-state index contributed by atoms with van der Waals surface area (Å²) in [5.41, 5.74) is 0.936. The van der Waals surface area contributed by atoms with E-state index in [1.54, 1.807) is 17.4 Å². The number of benzene rings is 1. The van der Waals surface area contributed by atoms with Crippen LogP contribution in [0, 0.1) is 0 Å². The van der Waals surface area contributed by atoms with E-state index in [1.165, 1.54) is 4.88 Å². The topological polar surface area (TPSA) is 32.3 Å². The number of rotatable bonds is 4. The zero-order chi connectivity index (χ0) is 11.4. The molecule has 1 atom stereocenters. The largest absolute Gasteiger partial charge is 0.508 e. The summed E-state index contributed by atoms with van der Waals surface area (Å²) in [5.74, 6) is 0.355. The number of aromatic hydroxyl groups is 1. The molecule has 2 nitrogen and oxygen atoms in total. The van der Waals surface area contributed by atoms with Gasteiger partial charge in [0, 0.05) is 23.0 Å². The highest BCUT2D eigenvalue weighted by Crippen LogP contribution is 2.20. The minimum atomic E-state index is 0.319. The maximum Gasteiger partial charge on any atom is 0.120 e. The van der Waals surface area contributed by atoms with Crippen molar-refractivity contribution >= 4 is 11.3 Å². The number of nitrogens with one attached hydrogen (secondary N) is 1. The minimum absolute atomic E-state index is 0.319. The Morgan fingerprint density at radius 3 is 2.75 bits per heavy atom. The lowest BCUT2D eigenvalue weighted by Gasteiger charge is -2.12. The standard InChI is InChI=1S/C13H15NOS/c1-10(13-7-4-8-16-13)14-9-11-5-2-3-6-12(11)15/h2-8,10,14-15H,9H2,1H3. The number of hydrogen-bond acceptors (Lipinski definition) is 3. The van der Waals surface area contributed by atoms with Crippen LogP contribution < -0.4 is 5.32 Å². The van der Waals surface area contributed by atoms with Gasteiger partial charge in [0.2, 0.25) is 0 Å². The molecule has 3 heteroatoms. The molecule has 0 aliphatic heterocycles. The Balaban J connectivity index is 1.95. The average molecular weight is 233 g/mol. The quantitative estimate of drug-likeness (QED) is 0.849. The lowest BCUT2D eigenvalue weighted by atomic mass is 10.2. The van der Waals surface area contributed by atoms with Gasteiger partial charge in [-0.25, -0.2) is 0 Å². The molecule has 0 amide bonds. The lowest BCUT2D eigenvalue weighted by Crippen LogP contribution is -2.17. The normalized spacial score (nSPS) is 12.6.